The summed E-state index contributed by atoms with van der Waals surface area (Å²) in [7, 11) is 0. The van der Waals surface area contributed by atoms with Gasteiger partial charge >= 0.3 is 0 Å². The number of benzene rings is 2. The van der Waals surface area contributed by atoms with E-state index in [-0.39, 0.29) is 22.6 Å². The van der Waals surface area contributed by atoms with E-state index in [1.807, 2.05) is 81.1 Å². The van der Waals surface area contributed by atoms with E-state index in [1.165, 1.54) is 5.56 Å². The van der Waals surface area contributed by atoms with Crippen LogP contribution in [0.2, 0.25) is 0 Å². The van der Waals surface area contributed by atoms with Crippen LogP contribution in [-0.2, 0) is 9.59 Å². The molecule has 2 aromatic rings. The smallest absolute Gasteiger partial charge is 0.238 e. The van der Waals surface area contributed by atoms with Crippen molar-refractivity contribution in [3.8, 4) is 0 Å². The SMILES string of the molecule is Cc1ccc(N2C(=O)CS[C@H]2c2ccc(NC(=O)CC(C)(C)C)cc2)cc1. The van der Waals surface area contributed by atoms with Gasteiger partial charge in [-0.2, -0.15) is 0 Å². The summed E-state index contributed by atoms with van der Waals surface area (Å²) in [6, 6.07) is 15.8. The van der Waals surface area contributed by atoms with Crippen LogP contribution in [0.4, 0.5) is 11.4 Å². The van der Waals surface area contributed by atoms with E-state index in [4.69, 9.17) is 0 Å². The van der Waals surface area contributed by atoms with E-state index in [0.717, 1.165) is 16.9 Å². The summed E-state index contributed by atoms with van der Waals surface area (Å²) in [6.07, 6.45) is 0.475. The fourth-order valence-corrected chi connectivity index (χ4v) is 4.25. The molecule has 0 spiro atoms. The highest BCUT2D eigenvalue weighted by Gasteiger charge is 2.33. The van der Waals surface area contributed by atoms with E-state index in [9.17, 15) is 9.59 Å². The second kappa shape index (κ2) is 7.77. The maximum Gasteiger partial charge on any atom is 0.238 e. The molecule has 1 saturated heterocycles. The number of thioether (sulfide) groups is 1. The van der Waals surface area contributed by atoms with E-state index in [2.05, 4.69) is 5.32 Å². The number of nitrogens with one attached hydrogen (secondary N) is 1. The molecule has 1 heterocycles. The van der Waals surface area contributed by atoms with Crippen LogP contribution in [0.25, 0.3) is 0 Å². The first-order valence-electron chi connectivity index (χ1n) is 9.13. The molecule has 142 valence electrons. The molecule has 0 radical (unpaired) electrons. The van der Waals surface area contributed by atoms with Gasteiger partial charge < -0.3 is 5.32 Å². The summed E-state index contributed by atoms with van der Waals surface area (Å²) in [5.41, 5.74) is 3.89. The fourth-order valence-electron chi connectivity index (χ4n) is 3.07. The number of rotatable bonds is 4. The van der Waals surface area contributed by atoms with Crippen molar-refractivity contribution in [3.63, 3.8) is 0 Å². The highest BCUT2D eigenvalue weighted by molar-refractivity contribution is 8.00. The van der Waals surface area contributed by atoms with Gasteiger partial charge in [0.2, 0.25) is 11.8 Å². The van der Waals surface area contributed by atoms with E-state index < -0.39 is 0 Å². The second-order valence-corrected chi connectivity index (χ2v) is 9.24. The molecule has 1 N–H and O–H groups in total. The van der Waals surface area contributed by atoms with Crippen LogP contribution in [0.3, 0.4) is 0 Å². The quantitative estimate of drug-likeness (QED) is 0.796. The summed E-state index contributed by atoms with van der Waals surface area (Å²) < 4.78 is 0. The highest BCUT2D eigenvalue weighted by Crippen LogP contribution is 2.42. The Hall–Kier alpha value is -2.27. The van der Waals surface area contributed by atoms with Gasteiger partial charge in [0.25, 0.3) is 0 Å². The summed E-state index contributed by atoms with van der Waals surface area (Å²) in [6.45, 7) is 8.17. The standard InChI is InChI=1S/C22H26N2O2S/c1-15-5-11-18(12-6-15)24-20(26)14-27-21(24)16-7-9-17(10-8-16)23-19(25)13-22(2,3)4/h5-12,21H,13-14H2,1-4H3,(H,23,25)/t21-/m0/s1. The van der Waals surface area contributed by atoms with Gasteiger partial charge in [-0.15, -0.1) is 11.8 Å². The molecular weight excluding hydrogens is 356 g/mol. The van der Waals surface area contributed by atoms with Crippen molar-refractivity contribution in [1.29, 1.82) is 0 Å². The van der Waals surface area contributed by atoms with Gasteiger partial charge in [0.05, 0.1) is 5.75 Å². The van der Waals surface area contributed by atoms with E-state index in [0.29, 0.717) is 12.2 Å². The lowest BCUT2D eigenvalue weighted by Crippen LogP contribution is -2.27. The lowest BCUT2D eigenvalue weighted by Gasteiger charge is -2.24. The van der Waals surface area contributed by atoms with Gasteiger partial charge in [-0.25, -0.2) is 0 Å². The largest absolute Gasteiger partial charge is 0.326 e. The minimum Gasteiger partial charge on any atom is -0.326 e. The predicted octanol–water partition coefficient (Wildman–Crippen LogP) is 5.15. The second-order valence-electron chi connectivity index (χ2n) is 8.17. The Morgan fingerprint density at radius 1 is 1.11 bits per heavy atom. The fraction of sp³-hybridized carbons (Fsp3) is 0.364. The predicted molar refractivity (Wildman–Crippen MR) is 113 cm³/mol. The minimum absolute atomic E-state index is 0.0157. The first-order valence-corrected chi connectivity index (χ1v) is 10.2. The molecule has 2 amide bonds. The molecule has 4 nitrogen and oxygen atoms in total. The average molecular weight is 383 g/mol. The highest BCUT2D eigenvalue weighted by atomic mass is 32.2. The van der Waals surface area contributed by atoms with Crippen molar-refractivity contribution in [2.24, 2.45) is 5.41 Å². The van der Waals surface area contributed by atoms with Gasteiger partial charge in [0, 0.05) is 17.8 Å². The molecule has 0 unspecified atom stereocenters. The number of hydrogen-bond donors (Lipinski definition) is 1. The number of amides is 2. The van der Waals surface area contributed by atoms with Gasteiger partial charge in [0.15, 0.2) is 0 Å². The van der Waals surface area contributed by atoms with Crippen LogP contribution in [0.15, 0.2) is 48.5 Å². The monoisotopic (exact) mass is 382 g/mol. The lowest BCUT2D eigenvalue weighted by atomic mass is 9.92. The summed E-state index contributed by atoms with van der Waals surface area (Å²) in [4.78, 5) is 26.4. The molecule has 0 bridgehead atoms. The normalized spacial score (nSPS) is 17.3. The number of hydrogen-bond acceptors (Lipinski definition) is 3. The van der Waals surface area contributed by atoms with Crippen LogP contribution in [0.5, 0.6) is 0 Å². The maximum atomic E-state index is 12.4. The number of nitrogens with zero attached hydrogens (tertiary/aromatic N) is 1. The summed E-state index contributed by atoms with van der Waals surface area (Å²) >= 11 is 1.63. The zero-order valence-electron chi connectivity index (χ0n) is 16.3. The third-order valence-electron chi connectivity index (χ3n) is 4.35. The first kappa shape index (κ1) is 19.5. The number of anilines is 2. The van der Waals surface area contributed by atoms with E-state index in [1.54, 1.807) is 11.8 Å². The molecule has 1 aliphatic rings. The zero-order valence-corrected chi connectivity index (χ0v) is 17.1. The average Bonchev–Trinajstić information content (AvgIpc) is 2.96. The molecule has 3 rings (SSSR count). The van der Waals surface area contributed by atoms with Crippen molar-refractivity contribution in [3.05, 3.63) is 59.7 Å². The third kappa shape index (κ3) is 4.92. The molecule has 27 heavy (non-hydrogen) atoms. The van der Waals surface area contributed by atoms with Crippen molar-refractivity contribution in [2.45, 2.75) is 39.5 Å². The molecule has 1 fully saturated rings. The van der Waals surface area contributed by atoms with Crippen LogP contribution in [0, 0.1) is 12.3 Å². The van der Waals surface area contributed by atoms with Crippen molar-refractivity contribution in [1.82, 2.24) is 0 Å². The zero-order chi connectivity index (χ0) is 19.6. The van der Waals surface area contributed by atoms with Crippen LogP contribution in [-0.4, -0.2) is 17.6 Å². The number of carbonyl (C=O) groups is 2. The van der Waals surface area contributed by atoms with Crippen LogP contribution in [0.1, 0.15) is 43.7 Å². The lowest BCUT2D eigenvalue weighted by molar-refractivity contribution is -0.118. The van der Waals surface area contributed by atoms with Gasteiger partial charge in [-0.3, -0.25) is 14.5 Å². The Bertz CT molecular complexity index is 823. The molecular formula is C22H26N2O2S. The molecule has 2 aromatic carbocycles. The van der Waals surface area contributed by atoms with Gasteiger partial charge in [-0.05, 0) is 42.2 Å². The van der Waals surface area contributed by atoms with E-state index >= 15 is 0 Å². The number of aryl methyl sites for hydroxylation is 1. The Kier molecular flexibility index (Phi) is 5.61. The molecule has 0 saturated carbocycles. The molecule has 0 aromatic heterocycles. The topological polar surface area (TPSA) is 49.4 Å². The minimum atomic E-state index is -0.0422. The van der Waals surface area contributed by atoms with Crippen LogP contribution >= 0.6 is 11.8 Å². The molecule has 0 aliphatic carbocycles. The van der Waals surface area contributed by atoms with Crippen molar-refractivity contribution < 1.29 is 9.59 Å². The van der Waals surface area contributed by atoms with Gasteiger partial charge in [0.1, 0.15) is 5.37 Å². The number of carbonyl (C=O) groups excluding carboxylic acids is 2. The Morgan fingerprint density at radius 3 is 2.33 bits per heavy atom. The first-order chi connectivity index (χ1) is 12.7. The van der Waals surface area contributed by atoms with Crippen molar-refractivity contribution in [2.75, 3.05) is 16.0 Å². The maximum absolute atomic E-state index is 12.4. The summed E-state index contributed by atoms with van der Waals surface area (Å²) in [5.74, 6) is 0.612. The Morgan fingerprint density at radius 2 is 1.74 bits per heavy atom. The molecule has 1 atom stereocenters. The van der Waals surface area contributed by atoms with Gasteiger partial charge in [-0.1, -0.05) is 50.6 Å². The Balaban J connectivity index is 1.74. The third-order valence-corrected chi connectivity index (χ3v) is 5.56. The van der Waals surface area contributed by atoms with Crippen LogP contribution < -0.4 is 10.2 Å². The van der Waals surface area contributed by atoms with Crippen molar-refractivity contribution >= 4 is 35.0 Å². The summed E-state index contributed by atoms with van der Waals surface area (Å²) in [5, 5.41) is 2.91. The molecule has 5 heteroatoms. The Labute approximate surface area is 165 Å². The molecule has 1 aliphatic heterocycles.